The molecule has 3 N–H and O–H groups in total. The molecule has 2 aliphatic heterocycles. The van der Waals surface area contributed by atoms with Crippen molar-refractivity contribution in [2.45, 2.75) is 10.9 Å². The second-order valence-electron chi connectivity index (χ2n) is 7.08. The summed E-state index contributed by atoms with van der Waals surface area (Å²) in [5.74, 6) is -0.401. The molecule has 2 aromatic rings. The van der Waals surface area contributed by atoms with E-state index in [0.717, 1.165) is 0 Å². The number of nitrogens with two attached hydrogens (primary N) is 1. The summed E-state index contributed by atoms with van der Waals surface area (Å²) in [5, 5.41) is 19.0. The lowest BCUT2D eigenvalue weighted by atomic mass is 9.95. The summed E-state index contributed by atoms with van der Waals surface area (Å²) in [7, 11) is -2.36. The highest BCUT2D eigenvalue weighted by Gasteiger charge is 2.43. The highest BCUT2D eigenvalue weighted by molar-refractivity contribution is 7.89. The molecule has 0 aromatic heterocycles. The highest BCUT2D eigenvalue weighted by Crippen LogP contribution is 2.38. The Bertz CT molecular complexity index is 1250. The summed E-state index contributed by atoms with van der Waals surface area (Å²) in [6.45, 7) is 0.0816. The number of nitrogens with one attached hydrogen (secondary N) is 1. The lowest BCUT2D eigenvalue weighted by Gasteiger charge is -2.30. The van der Waals surface area contributed by atoms with Gasteiger partial charge in [-0.2, -0.15) is 0 Å². The second-order valence-corrected chi connectivity index (χ2v) is 8.65. The van der Waals surface area contributed by atoms with Gasteiger partial charge in [-0.3, -0.25) is 19.8 Å². The first-order valence-corrected chi connectivity index (χ1v) is 10.6. The number of carbonyl (C=O) groups is 2. The van der Waals surface area contributed by atoms with Gasteiger partial charge in [0.25, 0.3) is 11.6 Å². The number of primary sulfonamides is 1. The molecule has 160 valence electrons. The van der Waals surface area contributed by atoms with Crippen LogP contribution in [0.3, 0.4) is 0 Å². The number of anilines is 1. The van der Waals surface area contributed by atoms with Crippen molar-refractivity contribution in [1.29, 1.82) is 0 Å². The van der Waals surface area contributed by atoms with Crippen molar-refractivity contribution in [3.8, 4) is 0 Å². The minimum atomic E-state index is -3.88. The second kappa shape index (κ2) is 7.18. The average Bonchev–Trinajstić information content (AvgIpc) is 3.08. The topological polar surface area (TPSA) is 156 Å². The summed E-state index contributed by atoms with van der Waals surface area (Å²) in [6, 6.07) is 9.91. The Balaban J connectivity index is 1.73. The third-order valence-electron chi connectivity index (χ3n) is 5.25. The van der Waals surface area contributed by atoms with E-state index in [1.54, 1.807) is 6.07 Å². The minimum Gasteiger partial charge on any atom is -0.327 e. The number of non-ortho nitro benzene ring substituents is 1. The minimum absolute atomic E-state index is 0.0816. The number of rotatable bonds is 4. The first-order chi connectivity index (χ1) is 14.6. The maximum Gasteiger partial charge on any atom is 0.322 e. The van der Waals surface area contributed by atoms with Crippen LogP contribution in [0.1, 0.15) is 11.6 Å². The van der Waals surface area contributed by atoms with Gasteiger partial charge in [-0.1, -0.05) is 12.1 Å². The van der Waals surface area contributed by atoms with Crippen LogP contribution in [0.4, 0.5) is 16.2 Å². The number of urea groups is 1. The molecule has 1 unspecified atom stereocenters. The molecule has 0 spiro atoms. The fourth-order valence-electron chi connectivity index (χ4n) is 3.66. The molecule has 0 aliphatic carbocycles. The Morgan fingerprint density at radius 2 is 1.84 bits per heavy atom. The number of nitro groups is 1. The Labute approximate surface area is 176 Å². The van der Waals surface area contributed by atoms with Gasteiger partial charge in [0.05, 0.1) is 33.7 Å². The van der Waals surface area contributed by atoms with Gasteiger partial charge in [0, 0.05) is 24.9 Å². The number of likely N-dealkylation sites (N-methyl/N-ethyl adjacent to an activating group) is 1. The molecule has 31 heavy (non-hydrogen) atoms. The lowest BCUT2D eigenvalue weighted by molar-refractivity contribution is -0.384. The summed E-state index contributed by atoms with van der Waals surface area (Å²) >= 11 is 0. The number of nitro benzene ring substituents is 1. The van der Waals surface area contributed by atoms with E-state index in [1.807, 2.05) is 0 Å². The number of hydrogen-bond donors (Lipinski definition) is 2. The van der Waals surface area contributed by atoms with Crippen molar-refractivity contribution in [3.63, 3.8) is 0 Å². The quantitative estimate of drug-likeness (QED) is 0.535. The fourth-order valence-corrected chi connectivity index (χ4v) is 4.18. The third-order valence-corrected chi connectivity index (χ3v) is 6.18. The monoisotopic (exact) mass is 443 g/mol. The molecule has 2 aliphatic rings. The average molecular weight is 443 g/mol. The number of hydrogen-bond acceptors (Lipinski definition) is 6. The Hall–Kier alpha value is -3.77. The number of amides is 3. The summed E-state index contributed by atoms with van der Waals surface area (Å²) in [6.07, 6.45) is 0. The van der Waals surface area contributed by atoms with E-state index in [-0.39, 0.29) is 22.7 Å². The molecule has 0 radical (unpaired) electrons. The molecule has 2 heterocycles. The zero-order valence-corrected chi connectivity index (χ0v) is 17.0. The van der Waals surface area contributed by atoms with Gasteiger partial charge in [0.1, 0.15) is 0 Å². The van der Waals surface area contributed by atoms with Gasteiger partial charge >= 0.3 is 6.03 Å². The van der Waals surface area contributed by atoms with Crippen molar-refractivity contribution >= 4 is 33.3 Å². The fraction of sp³-hybridized carbons (Fsp3) is 0.158. The highest BCUT2D eigenvalue weighted by atomic mass is 32.2. The van der Waals surface area contributed by atoms with E-state index in [9.17, 15) is 28.1 Å². The zero-order chi connectivity index (χ0) is 22.5. The van der Waals surface area contributed by atoms with Crippen molar-refractivity contribution in [2.24, 2.45) is 5.14 Å². The standard InChI is InChI=1S/C19H17N5O6S/c1-22-15-10-23(12-5-7-14(8-6-12)31(20,29)30)18(25)16(15)17(21-19(22)26)11-3-2-4-13(9-11)24(27)28/h2-9,17H,10H2,1H3,(H,21,26)(H2,20,29,30). The van der Waals surface area contributed by atoms with E-state index in [4.69, 9.17) is 5.14 Å². The maximum absolute atomic E-state index is 13.3. The SMILES string of the molecule is CN1C(=O)NC(c2cccc([N+](=O)[O-])c2)C2=C1CN(c1ccc(S(N)(=O)=O)cc1)C2=O. The molecular formula is C19H17N5O6S. The molecule has 11 nitrogen and oxygen atoms in total. The number of carbonyl (C=O) groups excluding carboxylic acids is 2. The van der Waals surface area contributed by atoms with Crippen LogP contribution in [0.25, 0.3) is 0 Å². The van der Waals surface area contributed by atoms with Crippen LogP contribution >= 0.6 is 0 Å². The molecular weight excluding hydrogens is 426 g/mol. The number of benzene rings is 2. The van der Waals surface area contributed by atoms with Crippen molar-refractivity contribution in [1.82, 2.24) is 10.2 Å². The maximum atomic E-state index is 13.3. The van der Waals surface area contributed by atoms with Gasteiger partial charge in [-0.25, -0.2) is 18.4 Å². The predicted molar refractivity (Wildman–Crippen MR) is 109 cm³/mol. The van der Waals surface area contributed by atoms with Crippen LogP contribution in [-0.2, 0) is 14.8 Å². The van der Waals surface area contributed by atoms with E-state index in [0.29, 0.717) is 16.9 Å². The summed E-state index contributed by atoms with van der Waals surface area (Å²) < 4.78 is 23.0. The van der Waals surface area contributed by atoms with Crippen LogP contribution in [0.15, 0.2) is 64.7 Å². The van der Waals surface area contributed by atoms with Crippen molar-refractivity contribution < 1.29 is 22.9 Å². The molecule has 4 rings (SSSR count). The molecule has 12 heteroatoms. The van der Waals surface area contributed by atoms with E-state index < -0.39 is 32.9 Å². The molecule has 1 atom stereocenters. The van der Waals surface area contributed by atoms with Gasteiger partial charge < -0.3 is 10.2 Å². The first-order valence-electron chi connectivity index (χ1n) is 9.04. The lowest BCUT2D eigenvalue weighted by Crippen LogP contribution is -2.45. The molecule has 3 amide bonds. The van der Waals surface area contributed by atoms with Gasteiger partial charge in [0.2, 0.25) is 10.0 Å². The van der Waals surface area contributed by atoms with Crippen LogP contribution in [0, 0.1) is 10.1 Å². The first kappa shape index (κ1) is 20.5. The number of sulfonamides is 1. The molecule has 0 saturated heterocycles. The normalized spacial score (nSPS) is 18.8. The van der Waals surface area contributed by atoms with Crippen LogP contribution in [0.2, 0.25) is 0 Å². The van der Waals surface area contributed by atoms with Crippen molar-refractivity contribution in [3.05, 3.63) is 75.5 Å². The third kappa shape index (κ3) is 3.51. The van der Waals surface area contributed by atoms with Gasteiger partial charge in [-0.05, 0) is 29.8 Å². The van der Waals surface area contributed by atoms with Gasteiger partial charge in [-0.15, -0.1) is 0 Å². The van der Waals surface area contributed by atoms with Crippen LogP contribution in [-0.4, -0.2) is 43.8 Å². The van der Waals surface area contributed by atoms with E-state index >= 15 is 0 Å². The smallest absolute Gasteiger partial charge is 0.322 e. The summed E-state index contributed by atoms with van der Waals surface area (Å²) in [5.41, 5.74) is 1.42. The van der Waals surface area contributed by atoms with E-state index in [2.05, 4.69) is 5.32 Å². The summed E-state index contributed by atoms with van der Waals surface area (Å²) in [4.78, 5) is 39.0. The Kier molecular flexibility index (Phi) is 4.75. The molecule has 0 bridgehead atoms. The molecule has 0 saturated carbocycles. The molecule has 0 fully saturated rings. The van der Waals surface area contributed by atoms with E-state index in [1.165, 1.54) is 59.3 Å². The van der Waals surface area contributed by atoms with Crippen molar-refractivity contribution in [2.75, 3.05) is 18.5 Å². The largest absolute Gasteiger partial charge is 0.327 e. The Morgan fingerprint density at radius 3 is 2.45 bits per heavy atom. The molecule has 2 aromatic carbocycles. The van der Waals surface area contributed by atoms with Gasteiger partial charge in [0.15, 0.2) is 0 Å². The number of nitrogens with zero attached hydrogens (tertiary/aromatic N) is 3. The van der Waals surface area contributed by atoms with Crippen LogP contribution in [0.5, 0.6) is 0 Å². The Morgan fingerprint density at radius 1 is 1.16 bits per heavy atom. The zero-order valence-electron chi connectivity index (χ0n) is 16.2. The van der Waals surface area contributed by atoms with Crippen LogP contribution < -0.4 is 15.4 Å². The predicted octanol–water partition coefficient (Wildman–Crippen LogP) is 1.24.